The van der Waals surface area contributed by atoms with Gasteiger partial charge in [-0.2, -0.15) is 0 Å². The highest BCUT2D eigenvalue weighted by Gasteiger charge is 2.25. The molecule has 0 spiro atoms. The van der Waals surface area contributed by atoms with Crippen LogP contribution < -0.4 is 0 Å². The maximum absolute atomic E-state index is 10.5. The number of aliphatic carboxylic acids is 1. The summed E-state index contributed by atoms with van der Waals surface area (Å²) in [7, 11) is 0. The molecule has 3 nitrogen and oxygen atoms in total. The van der Waals surface area contributed by atoms with E-state index in [4.69, 9.17) is 5.11 Å². The van der Waals surface area contributed by atoms with Gasteiger partial charge in [-0.15, -0.1) is 0 Å². The first-order valence-corrected chi connectivity index (χ1v) is 17.7. The van der Waals surface area contributed by atoms with Gasteiger partial charge in [0.2, 0.25) is 0 Å². The lowest BCUT2D eigenvalue weighted by molar-refractivity contribution is -0.929. The molecule has 38 heavy (non-hydrogen) atoms. The Morgan fingerprint density at radius 2 is 0.632 bits per heavy atom. The summed E-state index contributed by atoms with van der Waals surface area (Å²) in [6.07, 6.45) is 35.9. The summed E-state index contributed by atoms with van der Waals surface area (Å²) in [5, 5.41) is 8.68. The van der Waals surface area contributed by atoms with Crippen LogP contribution >= 0.6 is 0 Å². The van der Waals surface area contributed by atoms with Crippen molar-refractivity contribution in [1.29, 1.82) is 0 Å². The number of carboxylic acids is 1. The zero-order chi connectivity index (χ0) is 28.0. The molecule has 0 aliphatic carbocycles. The number of nitrogens with zero attached hydrogens (tertiary/aromatic N) is 1. The van der Waals surface area contributed by atoms with Crippen molar-refractivity contribution >= 4 is 5.97 Å². The molecular formula is C35H72NO2+. The minimum Gasteiger partial charge on any atom is -0.481 e. The fourth-order valence-electron chi connectivity index (χ4n) is 6.14. The zero-order valence-corrected chi connectivity index (χ0v) is 26.7. The van der Waals surface area contributed by atoms with E-state index in [-0.39, 0.29) is 0 Å². The number of hydrogen-bond donors (Lipinski definition) is 1. The summed E-state index contributed by atoms with van der Waals surface area (Å²) in [6.45, 7) is 12.8. The summed E-state index contributed by atoms with van der Waals surface area (Å²) >= 11 is 0. The van der Waals surface area contributed by atoms with Crippen molar-refractivity contribution in [1.82, 2.24) is 0 Å². The van der Waals surface area contributed by atoms with Crippen molar-refractivity contribution in [3.8, 4) is 0 Å². The first-order valence-electron chi connectivity index (χ1n) is 17.7. The van der Waals surface area contributed by atoms with Crippen LogP contribution in [-0.4, -0.2) is 41.7 Å². The largest absolute Gasteiger partial charge is 0.481 e. The predicted octanol–water partition coefficient (Wildman–Crippen LogP) is 11.5. The van der Waals surface area contributed by atoms with Gasteiger partial charge in [0, 0.05) is 6.42 Å². The molecule has 0 saturated heterocycles. The lowest BCUT2D eigenvalue weighted by Crippen LogP contribution is -2.50. The Morgan fingerprint density at radius 3 is 0.895 bits per heavy atom. The number of hydrogen-bond acceptors (Lipinski definition) is 1. The van der Waals surface area contributed by atoms with Crippen LogP contribution in [0.1, 0.15) is 194 Å². The second-order valence-corrected chi connectivity index (χ2v) is 12.5. The molecule has 0 unspecified atom stereocenters. The van der Waals surface area contributed by atoms with Crippen LogP contribution in [0.3, 0.4) is 0 Å². The van der Waals surface area contributed by atoms with E-state index in [9.17, 15) is 4.79 Å². The molecule has 0 fully saturated rings. The molecule has 0 radical (unpaired) electrons. The maximum atomic E-state index is 10.5. The van der Waals surface area contributed by atoms with E-state index < -0.39 is 5.97 Å². The smallest absolute Gasteiger partial charge is 0.303 e. The SMILES string of the molecule is CCCCCC[N+](CCCCCC)(CCCCCC)CCCCCCCCCCCCCCCCC(=O)O. The molecule has 0 aliphatic rings. The van der Waals surface area contributed by atoms with E-state index in [0.29, 0.717) is 6.42 Å². The summed E-state index contributed by atoms with van der Waals surface area (Å²) in [5.41, 5.74) is 0. The Labute approximate surface area is 240 Å². The van der Waals surface area contributed by atoms with Crippen molar-refractivity contribution in [2.75, 3.05) is 26.2 Å². The molecule has 0 aliphatic heterocycles. The summed E-state index contributed by atoms with van der Waals surface area (Å²) in [6, 6.07) is 0. The fraction of sp³-hybridized carbons (Fsp3) is 0.971. The van der Waals surface area contributed by atoms with Gasteiger partial charge >= 0.3 is 5.97 Å². The molecule has 0 bridgehead atoms. The number of unbranched alkanes of at least 4 members (excludes halogenated alkanes) is 22. The van der Waals surface area contributed by atoms with Gasteiger partial charge in [-0.1, -0.05) is 130 Å². The van der Waals surface area contributed by atoms with Crippen molar-refractivity contribution in [3.63, 3.8) is 0 Å². The quantitative estimate of drug-likeness (QED) is 0.0683. The lowest BCUT2D eigenvalue weighted by Gasteiger charge is -2.39. The maximum Gasteiger partial charge on any atom is 0.303 e. The third-order valence-corrected chi connectivity index (χ3v) is 8.73. The average molecular weight is 539 g/mol. The van der Waals surface area contributed by atoms with E-state index in [1.807, 2.05) is 0 Å². The summed E-state index contributed by atoms with van der Waals surface area (Å²) < 4.78 is 1.44. The molecule has 0 amide bonds. The third kappa shape index (κ3) is 25.7. The molecule has 0 saturated carbocycles. The standard InChI is InChI=1S/C35H71NO2/c1-4-7-10-26-31-36(32-27-11-8-5-2,33-28-12-9-6-3)34-29-24-22-20-18-16-14-13-15-17-19-21-23-25-30-35(37)38/h4-34H2,1-3H3/p+1. The van der Waals surface area contributed by atoms with Gasteiger partial charge in [-0.3, -0.25) is 4.79 Å². The van der Waals surface area contributed by atoms with Crippen LogP contribution in [0.15, 0.2) is 0 Å². The molecule has 0 aromatic carbocycles. The molecule has 0 aromatic heterocycles. The van der Waals surface area contributed by atoms with Crippen LogP contribution in [0.5, 0.6) is 0 Å². The Bertz CT molecular complexity index is 447. The highest BCUT2D eigenvalue weighted by Crippen LogP contribution is 2.20. The normalized spacial score (nSPS) is 11.9. The first kappa shape index (κ1) is 37.4. The fourth-order valence-corrected chi connectivity index (χ4v) is 6.14. The molecule has 3 heteroatoms. The van der Waals surface area contributed by atoms with Crippen molar-refractivity contribution in [2.24, 2.45) is 0 Å². The third-order valence-electron chi connectivity index (χ3n) is 8.73. The highest BCUT2D eigenvalue weighted by atomic mass is 16.4. The van der Waals surface area contributed by atoms with Gasteiger partial charge in [0.05, 0.1) is 26.2 Å². The number of carbonyl (C=O) groups is 1. The average Bonchev–Trinajstić information content (AvgIpc) is 2.91. The Morgan fingerprint density at radius 1 is 0.395 bits per heavy atom. The second kappa shape index (κ2) is 29.4. The second-order valence-electron chi connectivity index (χ2n) is 12.5. The van der Waals surface area contributed by atoms with Crippen LogP contribution in [0.4, 0.5) is 0 Å². The van der Waals surface area contributed by atoms with Gasteiger partial charge in [-0.05, 0) is 57.8 Å². The Hall–Kier alpha value is -0.570. The lowest BCUT2D eigenvalue weighted by atomic mass is 10.0. The van der Waals surface area contributed by atoms with Gasteiger partial charge in [0.1, 0.15) is 0 Å². The molecule has 1 N–H and O–H groups in total. The Balaban J connectivity index is 4.11. The van der Waals surface area contributed by atoms with Gasteiger partial charge in [0.25, 0.3) is 0 Å². The summed E-state index contributed by atoms with van der Waals surface area (Å²) in [4.78, 5) is 10.5. The minimum absolute atomic E-state index is 0.344. The van der Waals surface area contributed by atoms with Crippen LogP contribution in [0.2, 0.25) is 0 Å². The van der Waals surface area contributed by atoms with Gasteiger partial charge in [-0.25, -0.2) is 0 Å². The predicted molar refractivity (Wildman–Crippen MR) is 169 cm³/mol. The number of quaternary nitrogens is 1. The molecule has 0 rings (SSSR count). The molecule has 0 aromatic rings. The molecule has 0 atom stereocenters. The van der Waals surface area contributed by atoms with Crippen molar-refractivity contribution in [2.45, 2.75) is 194 Å². The van der Waals surface area contributed by atoms with E-state index in [0.717, 1.165) is 12.8 Å². The molecular weight excluding hydrogens is 466 g/mol. The Kier molecular flexibility index (Phi) is 29.0. The van der Waals surface area contributed by atoms with Gasteiger partial charge < -0.3 is 9.59 Å². The van der Waals surface area contributed by atoms with E-state index in [2.05, 4.69) is 20.8 Å². The van der Waals surface area contributed by atoms with Crippen LogP contribution in [-0.2, 0) is 4.79 Å². The zero-order valence-electron chi connectivity index (χ0n) is 26.7. The van der Waals surface area contributed by atoms with Crippen molar-refractivity contribution in [3.05, 3.63) is 0 Å². The van der Waals surface area contributed by atoms with Gasteiger partial charge in [0.15, 0.2) is 0 Å². The minimum atomic E-state index is -0.648. The monoisotopic (exact) mass is 539 g/mol. The van der Waals surface area contributed by atoms with Crippen molar-refractivity contribution < 1.29 is 14.4 Å². The van der Waals surface area contributed by atoms with E-state index in [1.165, 1.54) is 185 Å². The first-order chi connectivity index (χ1) is 18.6. The molecule has 228 valence electrons. The van der Waals surface area contributed by atoms with E-state index in [1.54, 1.807) is 0 Å². The van der Waals surface area contributed by atoms with E-state index >= 15 is 0 Å². The highest BCUT2D eigenvalue weighted by molar-refractivity contribution is 5.66. The molecule has 0 heterocycles. The van der Waals surface area contributed by atoms with Crippen LogP contribution in [0, 0.1) is 0 Å². The number of rotatable bonds is 32. The number of carboxylic acid groups (broad SMARTS) is 1. The van der Waals surface area contributed by atoms with Crippen LogP contribution in [0.25, 0.3) is 0 Å². The summed E-state index contributed by atoms with van der Waals surface area (Å²) in [5.74, 6) is -0.648. The topological polar surface area (TPSA) is 37.3 Å².